The molecule has 0 amide bonds. The molecule has 0 unspecified atom stereocenters. The van der Waals surface area contributed by atoms with Gasteiger partial charge in [-0.15, -0.1) is 0 Å². The molecule has 1 aromatic carbocycles. The molecule has 16 heavy (non-hydrogen) atoms. The topological polar surface area (TPSA) is 40.5 Å². The normalized spacial score (nSPS) is 14.8. The van der Waals surface area contributed by atoms with Crippen LogP contribution in [0.3, 0.4) is 0 Å². The molecule has 2 N–H and O–H groups in total. The van der Waals surface area contributed by atoms with Crippen molar-refractivity contribution in [3.05, 3.63) is 35.4 Å². The van der Waals surface area contributed by atoms with E-state index in [-0.39, 0.29) is 17.9 Å². The molecular formula is C11H14F2O2S. The lowest BCUT2D eigenvalue weighted by Gasteiger charge is -2.15. The second-order valence-corrected chi connectivity index (χ2v) is 4.82. The van der Waals surface area contributed by atoms with Crippen molar-refractivity contribution in [2.75, 3.05) is 12.4 Å². The molecule has 2 nitrogen and oxygen atoms in total. The van der Waals surface area contributed by atoms with Gasteiger partial charge in [-0.3, -0.25) is 0 Å². The summed E-state index contributed by atoms with van der Waals surface area (Å²) in [4.78, 5) is 0. The third-order valence-electron chi connectivity index (χ3n) is 2.16. The Morgan fingerprint density at radius 3 is 2.38 bits per heavy atom. The predicted molar refractivity (Wildman–Crippen MR) is 60.3 cm³/mol. The van der Waals surface area contributed by atoms with Gasteiger partial charge in [-0.25, -0.2) is 8.78 Å². The standard InChI is InChI=1S/C11H14F2O2S/c1-7(16-6-8(15)5-14)11-9(12)3-2-4-10(11)13/h2-4,7-8,14-15H,5-6H2,1H3/t7-,8+/m1/s1. The van der Waals surface area contributed by atoms with Gasteiger partial charge in [0.05, 0.1) is 12.7 Å². The summed E-state index contributed by atoms with van der Waals surface area (Å²) in [5.74, 6) is -0.928. The van der Waals surface area contributed by atoms with Crippen molar-refractivity contribution in [2.24, 2.45) is 0 Å². The monoisotopic (exact) mass is 248 g/mol. The van der Waals surface area contributed by atoms with Gasteiger partial charge in [0.2, 0.25) is 0 Å². The molecular weight excluding hydrogens is 234 g/mol. The molecule has 0 bridgehead atoms. The Labute approximate surface area is 97.3 Å². The summed E-state index contributed by atoms with van der Waals surface area (Å²) in [6.45, 7) is 1.32. The molecule has 0 saturated heterocycles. The zero-order valence-electron chi connectivity index (χ0n) is 8.86. The lowest BCUT2D eigenvalue weighted by Crippen LogP contribution is -2.15. The summed E-state index contributed by atoms with van der Waals surface area (Å²) in [5, 5.41) is 17.3. The molecule has 0 aliphatic carbocycles. The number of rotatable bonds is 5. The number of hydrogen-bond acceptors (Lipinski definition) is 3. The minimum Gasteiger partial charge on any atom is -0.394 e. The van der Waals surface area contributed by atoms with E-state index in [2.05, 4.69) is 0 Å². The van der Waals surface area contributed by atoms with Crippen LogP contribution in [-0.4, -0.2) is 28.7 Å². The maximum atomic E-state index is 13.3. The first-order valence-electron chi connectivity index (χ1n) is 4.90. The first kappa shape index (κ1) is 13.4. The van der Waals surface area contributed by atoms with E-state index in [4.69, 9.17) is 10.2 Å². The van der Waals surface area contributed by atoms with Gasteiger partial charge in [-0.2, -0.15) is 11.8 Å². The smallest absolute Gasteiger partial charge is 0.130 e. The van der Waals surface area contributed by atoms with Gasteiger partial charge in [-0.1, -0.05) is 6.07 Å². The van der Waals surface area contributed by atoms with Gasteiger partial charge < -0.3 is 10.2 Å². The van der Waals surface area contributed by atoms with Crippen molar-refractivity contribution < 1.29 is 19.0 Å². The van der Waals surface area contributed by atoms with Crippen molar-refractivity contribution in [1.82, 2.24) is 0 Å². The van der Waals surface area contributed by atoms with Crippen LogP contribution in [0.2, 0.25) is 0 Å². The van der Waals surface area contributed by atoms with Crippen molar-refractivity contribution >= 4 is 11.8 Å². The van der Waals surface area contributed by atoms with E-state index in [0.717, 1.165) is 0 Å². The van der Waals surface area contributed by atoms with Crippen LogP contribution in [0.25, 0.3) is 0 Å². The highest BCUT2D eigenvalue weighted by atomic mass is 32.2. The third kappa shape index (κ3) is 3.43. The van der Waals surface area contributed by atoms with E-state index in [1.165, 1.54) is 30.0 Å². The van der Waals surface area contributed by atoms with Gasteiger partial charge in [0, 0.05) is 16.6 Å². The Bertz CT molecular complexity index is 327. The van der Waals surface area contributed by atoms with E-state index < -0.39 is 23.0 Å². The molecule has 0 radical (unpaired) electrons. The van der Waals surface area contributed by atoms with E-state index in [9.17, 15) is 8.78 Å². The number of aliphatic hydroxyl groups excluding tert-OH is 2. The molecule has 0 saturated carbocycles. The second-order valence-electron chi connectivity index (χ2n) is 3.45. The van der Waals surface area contributed by atoms with Gasteiger partial charge >= 0.3 is 0 Å². The fraction of sp³-hybridized carbons (Fsp3) is 0.455. The highest BCUT2D eigenvalue weighted by molar-refractivity contribution is 7.99. The molecule has 0 spiro atoms. The molecule has 5 heteroatoms. The average Bonchev–Trinajstić information content (AvgIpc) is 2.25. The summed E-state index contributed by atoms with van der Waals surface area (Å²) in [6.07, 6.45) is -0.859. The zero-order chi connectivity index (χ0) is 12.1. The van der Waals surface area contributed by atoms with Gasteiger partial charge in [-0.05, 0) is 19.1 Å². The quantitative estimate of drug-likeness (QED) is 0.838. The van der Waals surface area contributed by atoms with Crippen molar-refractivity contribution in [3.8, 4) is 0 Å². The Morgan fingerprint density at radius 1 is 1.31 bits per heavy atom. The fourth-order valence-electron chi connectivity index (χ4n) is 1.29. The number of benzene rings is 1. The van der Waals surface area contributed by atoms with Crippen molar-refractivity contribution in [2.45, 2.75) is 18.3 Å². The Kier molecular flexibility index (Phi) is 5.18. The minimum absolute atomic E-state index is 0.0117. The first-order valence-corrected chi connectivity index (χ1v) is 5.95. The summed E-state index contributed by atoms with van der Waals surface area (Å²) < 4.78 is 26.7. The lowest BCUT2D eigenvalue weighted by atomic mass is 10.1. The third-order valence-corrected chi connectivity index (χ3v) is 3.47. The van der Waals surface area contributed by atoms with Crippen LogP contribution < -0.4 is 0 Å². The van der Waals surface area contributed by atoms with E-state index in [0.29, 0.717) is 0 Å². The Hall–Kier alpha value is -0.650. The first-order chi connectivity index (χ1) is 7.56. The van der Waals surface area contributed by atoms with E-state index in [1.807, 2.05) is 0 Å². The predicted octanol–water partition coefficient (Wildman–Crippen LogP) is 2.11. The van der Waals surface area contributed by atoms with Crippen LogP contribution in [0.4, 0.5) is 8.78 Å². The van der Waals surface area contributed by atoms with Crippen LogP contribution >= 0.6 is 11.8 Å². The van der Waals surface area contributed by atoms with E-state index in [1.54, 1.807) is 6.92 Å². The van der Waals surface area contributed by atoms with Crippen molar-refractivity contribution in [3.63, 3.8) is 0 Å². The van der Waals surface area contributed by atoms with Gasteiger partial charge in [0.1, 0.15) is 11.6 Å². The maximum Gasteiger partial charge on any atom is 0.130 e. The maximum absolute atomic E-state index is 13.3. The molecule has 1 rings (SSSR count). The zero-order valence-corrected chi connectivity index (χ0v) is 9.68. The number of aliphatic hydroxyl groups is 2. The molecule has 0 fully saturated rings. The number of thioether (sulfide) groups is 1. The van der Waals surface area contributed by atoms with Crippen LogP contribution in [0.5, 0.6) is 0 Å². The van der Waals surface area contributed by atoms with Crippen LogP contribution in [-0.2, 0) is 0 Å². The molecule has 0 aromatic heterocycles. The lowest BCUT2D eigenvalue weighted by molar-refractivity contribution is 0.113. The summed E-state index contributed by atoms with van der Waals surface area (Å²) in [5.41, 5.74) is 0.0117. The molecule has 1 aromatic rings. The second kappa shape index (κ2) is 6.18. The minimum atomic E-state index is -0.859. The van der Waals surface area contributed by atoms with Gasteiger partial charge in [0.25, 0.3) is 0 Å². The molecule has 0 aliphatic rings. The fourth-order valence-corrected chi connectivity index (χ4v) is 2.30. The van der Waals surface area contributed by atoms with Crippen LogP contribution in [0.15, 0.2) is 18.2 Å². The van der Waals surface area contributed by atoms with Crippen molar-refractivity contribution in [1.29, 1.82) is 0 Å². The Morgan fingerprint density at radius 2 is 1.88 bits per heavy atom. The largest absolute Gasteiger partial charge is 0.394 e. The SMILES string of the molecule is C[C@@H](SC[C@@H](O)CO)c1c(F)cccc1F. The van der Waals surface area contributed by atoms with Crippen LogP contribution in [0, 0.1) is 11.6 Å². The summed E-state index contributed by atoms with van der Waals surface area (Å²) in [7, 11) is 0. The molecule has 90 valence electrons. The molecule has 2 atom stereocenters. The highest BCUT2D eigenvalue weighted by Crippen LogP contribution is 2.32. The number of halogens is 2. The van der Waals surface area contributed by atoms with Gasteiger partial charge in [0.15, 0.2) is 0 Å². The average molecular weight is 248 g/mol. The summed E-state index contributed by atoms with van der Waals surface area (Å²) in [6, 6.07) is 3.73. The molecule has 0 heterocycles. The highest BCUT2D eigenvalue weighted by Gasteiger charge is 2.17. The Balaban J connectivity index is 2.69. The number of hydrogen-bond donors (Lipinski definition) is 2. The van der Waals surface area contributed by atoms with Crippen LogP contribution in [0.1, 0.15) is 17.7 Å². The van der Waals surface area contributed by atoms with E-state index >= 15 is 0 Å². The summed E-state index contributed by atoms with van der Waals surface area (Å²) >= 11 is 1.20. The molecule has 0 aliphatic heterocycles.